The quantitative estimate of drug-likeness (QED) is 0.701. The molecule has 1 aliphatic heterocycles. The Bertz CT molecular complexity index is 165. The Hall–Kier alpha value is -0.0800. The summed E-state index contributed by atoms with van der Waals surface area (Å²) in [7, 11) is 0. The third-order valence-electron chi connectivity index (χ3n) is 3.87. The summed E-state index contributed by atoms with van der Waals surface area (Å²) in [4.78, 5) is 2.61. The monoisotopic (exact) mass is 183 g/mol. The van der Waals surface area contributed by atoms with E-state index >= 15 is 0 Å². The van der Waals surface area contributed by atoms with Crippen molar-refractivity contribution in [2.24, 2.45) is 11.8 Å². The smallest absolute Gasteiger partial charge is 0.0474 e. The van der Waals surface area contributed by atoms with Gasteiger partial charge >= 0.3 is 0 Å². The maximum atomic E-state index is 9.17. The van der Waals surface area contributed by atoms with Crippen molar-refractivity contribution in [1.82, 2.24) is 4.90 Å². The van der Waals surface area contributed by atoms with E-state index < -0.39 is 0 Å². The zero-order chi connectivity index (χ0) is 9.26. The first-order valence-corrected chi connectivity index (χ1v) is 5.66. The molecular weight excluding hydrogens is 162 g/mol. The number of likely N-dealkylation sites (tertiary alicyclic amines) is 1. The first-order valence-electron chi connectivity index (χ1n) is 5.66. The summed E-state index contributed by atoms with van der Waals surface area (Å²) in [6, 6.07) is 0.846. The van der Waals surface area contributed by atoms with Gasteiger partial charge in [0.15, 0.2) is 0 Å². The molecule has 2 aliphatic rings. The van der Waals surface area contributed by atoms with Crippen molar-refractivity contribution in [3.8, 4) is 0 Å². The molecular formula is C11H21NO. The molecule has 13 heavy (non-hydrogen) atoms. The van der Waals surface area contributed by atoms with Crippen molar-refractivity contribution < 1.29 is 5.11 Å². The van der Waals surface area contributed by atoms with Gasteiger partial charge in [0.1, 0.15) is 0 Å². The first-order chi connectivity index (χ1) is 6.31. The van der Waals surface area contributed by atoms with Crippen molar-refractivity contribution in [3.63, 3.8) is 0 Å². The molecule has 0 bridgehead atoms. The summed E-state index contributed by atoms with van der Waals surface area (Å²) in [5, 5.41) is 9.17. The average molecular weight is 183 g/mol. The molecule has 0 aromatic carbocycles. The van der Waals surface area contributed by atoms with Crippen LogP contribution in [0.25, 0.3) is 0 Å². The Morgan fingerprint density at radius 3 is 2.46 bits per heavy atom. The summed E-state index contributed by atoms with van der Waals surface area (Å²) in [5.74, 6) is 1.24. The van der Waals surface area contributed by atoms with Gasteiger partial charge in [0, 0.05) is 25.7 Å². The van der Waals surface area contributed by atoms with Crippen molar-refractivity contribution in [3.05, 3.63) is 0 Å². The molecule has 1 heterocycles. The van der Waals surface area contributed by atoms with E-state index in [1.807, 2.05) is 0 Å². The number of nitrogens with zero attached hydrogens (tertiary/aromatic N) is 1. The van der Waals surface area contributed by atoms with Gasteiger partial charge in [-0.25, -0.2) is 0 Å². The molecule has 2 nitrogen and oxygen atoms in total. The number of aliphatic hydroxyl groups excluding tert-OH is 1. The fourth-order valence-electron chi connectivity index (χ4n) is 2.88. The van der Waals surface area contributed by atoms with E-state index in [4.69, 9.17) is 0 Å². The fraction of sp³-hybridized carbons (Fsp3) is 1.00. The molecule has 1 saturated heterocycles. The van der Waals surface area contributed by atoms with Gasteiger partial charge in [-0.05, 0) is 24.7 Å². The third-order valence-corrected chi connectivity index (χ3v) is 3.87. The number of rotatable bonds is 2. The van der Waals surface area contributed by atoms with E-state index in [-0.39, 0.29) is 0 Å². The largest absolute Gasteiger partial charge is 0.396 e. The Morgan fingerprint density at radius 2 is 1.92 bits per heavy atom. The normalized spacial score (nSPS) is 37.4. The topological polar surface area (TPSA) is 23.5 Å². The maximum absolute atomic E-state index is 9.17. The number of hydrogen-bond donors (Lipinski definition) is 1. The van der Waals surface area contributed by atoms with Crippen LogP contribution in [-0.4, -0.2) is 35.7 Å². The molecule has 0 aromatic heterocycles. The zero-order valence-electron chi connectivity index (χ0n) is 8.58. The highest BCUT2D eigenvalue weighted by Gasteiger charge is 2.33. The van der Waals surface area contributed by atoms with E-state index in [0.717, 1.165) is 12.6 Å². The van der Waals surface area contributed by atoms with Gasteiger partial charge in [0.05, 0.1) is 0 Å². The molecule has 1 N–H and O–H groups in total. The highest BCUT2D eigenvalue weighted by atomic mass is 16.3. The second kappa shape index (κ2) is 3.97. The lowest BCUT2D eigenvalue weighted by Gasteiger charge is -2.23. The molecule has 76 valence electrons. The first kappa shape index (κ1) is 9.47. The lowest BCUT2D eigenvalue weighted by atomic mass is 10.00. The van der Waals surface area contributed by atoms with Crippen LogP contribution in [0.5, 0.6) is 0 Å². The molecule has 2 heteroatoms. The fourth-order valence-corrected chi connectivity index (χ4v) is 2.88. The van der Waals surface area contributed by atoms with Crippen LogP contribution < -0.4 is 0 Å². The summed E-state index contributed by atoms with van der Waals surface area (Å²) in [6.45, 7) is 5.01. The number of hydrogen-bond acceptors (Lipinski definition) is 2. The standard InChI is InChI=1S/C11H21NO/c1-9-6-12(7-10(9)8-13)11-4-2-3-5-11/h9-11,13H,2-8H2,1H3/t9-,10+/m1/s1. The third kappa shape index (κ3) is 1.89. The van der Waals surface area contributed by atoms with E-state index in [1.54, 1.807) is 0 Å². The van der Waals surface area contributed by atoms with Crippen molar-refractivity contribution in [2.45, 2.75) is 38.6 Å². The molecule has 1 aliphatic carbocycles. The minimum atomic E-state index is 0.379. The minimum absolute atomic E-state index is 0.379. The van der Waals surface area contributed by atoms with E-state index in [0.29, 0.717) is 18.4 Å². The molecule has 0 amide bonds. The van der Waals surface area contributed by atoms with E-state index in [9.17, 15) is 5.11 Å². The van der Waals surface area contributed by atoms with Gasteiger partial charge in [-0.1, -0.05) is 19.8 Å². The molecule has 0 unspecified atom stereocenters. The van der Waals surface area contributed by atoms with Gasteiger partial charge in [-0.3, -0.25) is 4.90 Å². The van der Waals surface area contributed by atoms with Crippen LogP contribution in [0.2, 0.25) is 0 Å². The Morgan fingerprint density at radius 1 is 1.23 bits per heavy atom. The average Bonchev–Trinajstić information content (AvgIpc) is 2.71. The minimum Gasteiger partial charge on any atom is -0.396 e. The lowest BCUT2D eigenvalue weighted by molar-refractivity contribution is 0.193. The molecule has 2 fully saturated rings. The Kier molecular flexibility index (Phi) is 2.89. The summed E-state index contributed by atoms with van der Waals surface area (Å²) in [6.07, 6.45) is 5.62. The zero-order valence-corrected chi connectivity index (χ0v) is 8.58. The van der Waals surface area contributed by atoms with Gasteiger partial charge in [-0.2, -0.15) is 0 Å². The second-order valence-corrected chi connectivity index (χ2v) is 4.81. The van der Waals surface area contributed by atoms with Crippen LogP contribution in [0.1, 0.15) is 32.6 Å². The molecule has 0 spiro atoms. The highest BCUT2D eigenvalue weighted by molar-refractivity contribution is 4.87. The summed E-state index contributed by atoms with van der Waals surface area (Å²) >= 11 is 0. The molecule has 0 radical (unpaired) electrons. The van der Waals surface area contributed by atoms with E-state index in [1.165, 1.54) is 32.2 Å². The van der Waals surface area contributed by atoms with E-state index in [2.05, 4.69) is 11.8 Å². The van der Waals surface area contributed by atoms with Crippen LogP contribution >= 0.6 is 0 Å². The van der Waals surface area contributed by atoms with Crippen LogP contribution in [0, 0.1) is 11.8 Å². The van der Waals surface area contributed by atoms with Crippen molar-refractivity contribution in [1.29, 1.82) is 0 Å². The Balaban J connectivity index is 1.88. The highest BCUT2D eigenvalue weighted by Crippen LogP contribution is 2.30. The van der Waals surface area contributed by atoms with Crippen LogP contribution in [0.3, 0.4) is 0 Å². The summed E-state index contributed by atoms with van der Waals surface area (Å²) < 4.78 is 0. The van der Waals surface area contributed by atoms with Gasteiger partial charge < -0.3 is 5.11 Å². The molecule has 2 rings (SSSR count). The maximum Gasteiger partial charge on any atom is 0.0474 e. The van der Waals surface area contributed by atoms with Gasteiger partial charge in [0.25, 0.3) is 0 Å². The predicted molar refractivity (Wildman–Crippen MR) is 53.6 cm³/mol. The van der Waals surface area contributed by atoms with Crippen molar-refractivity contribution in [2.75, 3.05) is 19.7 Å². The van der Waals surface area contributed by atoms with Gasteiger partial charge in [-0.15, -0.1) is 0 Å². The lowest BCUT2D eigenvalue weighted by Crippen LogP contribution is -2.31. The Labute approximate surface area is 80.9 Å². The summed E-state index contributed by atoms with van der Waals surface area (Å²) in [5.41, 5.74) is 0. The molecule has 1 saturated carbocycles. The van der Waals surface area contributed by atoms with Crippen molar-refractivity contribution >= 4 is 0 Å². The number of aliphatic hydroxyl groups is 1. The van der Waals surface area contributed by atoms with Crippen LogP contribution in [0.4, 0.5) is 0 Å². The van der Waals surface area contributed by atoms with Crippen LogP contribution in [-0.2, 0) is 0 Å². The van der Waals surface area contributed by atoms with Gasteiger partial charge in [0.2, 0.25) is 0 Å². The van der Waals surface area contributed by atoms with Crippen LogP contribution in [0.15, 0.2) is 0 Å². The molecule has 0 aromatic rings. The SMILES string of the molecule is C[C@@H]1CN(C2CCCC2)C[C@H]1CO. The predicted octanol–water partition coefficient (Wildman–Crippen LogP) is 1.49. The molecule has 2 atom stereocenters. The second-order valence-electron chi connectivity index (χ2n) is 4.81.